The minimum absolute atomic E-state index is 0.763. The van der Waals surface area contributed by atoms with Crippen molar-refractivity contribution in [1.29, 1.82) is 0 Å². The highest BCUT2D eigenvalue weighted by atomic mass is 15.4. The lowest BCUT2D eigenvalue weighted by atomic mass is 10.0. The van der Waals surface area contributed by atoms with Crippen molar-refractivity contribution < 1.29 is 4.68 Å². The zero-order valence-electron chi connectivity index (χ0n) is 11.3. The SMILES string of the molecule is Cn1c(C2CCCC2)cc(-c2ccccc2)[n+]1C. The fraction of sp³-hybridized carbons (Fsp3) is 0.438. The van der Waals surface area contributed by atoms with E-state index in [9.17, 15) is 0 Å². The van der Waals surface area contributed by atoms with Crippen molar-refractivity contribution in [3.63, 3.8) is 0 Å². The standard InChI is InChI=1S/C16H21N2/c1-17-15(13-8-4-3-5-9-13)12-16(18(17)2)14-10-6-7-11-14/h3-5,8-9,12,14H,6-7,10-11H2,1-2H3/q+1. The van der Waals surface area contributed by atoms with Crippen molar-refractivity contribution in [2.75, 3.05) is 0 Å². The normalized spacial score (nSPS) is 16.3. The molecule has 3 rings (SSSR count). The smallest absolute Gasteiger partial charge is 0.160 e. The van der Waals surface area contributed by atoms with Gasteiger partial charge in [-0.3, -0.25) is 0 Å². The highest BCUT2D eigenvalue weighted by molar-refractivity contribution is 5.56. The summed E-state index contributed by atoms with van der Waals surface area (Å²) >= 11 is 0. The van der Waals surface area contributed by atoms with Gasteiger partial charge in [0.05, 0.1) is 12.7 Å². The minimum Gasteiger partial charge on any atom is -0.160 e. The van der Waals surface area contributed by atoms with Crippen LogP contribution >= 0.6 is 0 Å². The van der Waals surface area contributed by atoms with E-state index in [1.54, 1.807) is 0 Å². The van der Waals surface area contributed by atoms with E-state index in [0.29, 0.717) is 0 Å². The summed E-state index contributed by atoms with van der Waals surface area (Å²) in [5, 5.41) is 0. The van der Waals surface area contributed by atoms with Crippen molar-refractivity contribution in [2.24, 2.45) is 14.1 Å². The lowest BCUT2D eigenvalue weighted by Crippen LogP contribution is -2.39. The van der Waals surface area contributed by atoms with E-state index in [1.807, 2.05) is 0 Å². The molecule has 0 unspecified atom stereocenters. The number of hydrogen-bond acceptors (Lipinski definition) is 0. The topological polar surface area (TPSA) is 8.81 Å². The van der Waals surface area contributed by atoms with Gasteiger partial charge in [0.1, 0.15) is 0 Å². The summed E-state index contributed by atoms with van der Waals surface area (Å²) in [4.78, 5) is 0. The van der Waals surface area contributed by atoms with Crippen LogP contribution in [0.15, 0.2) is 36.4 Å². The Morgan fingerprint density at radius 1 is 1.11 bits per heavy atom. The first-order valence-electron chi connectivity index (χ1n) is 6.88. The quantitative estimate of drug-likeness (QED) is 0.714. The first kappa shape index (κ1) is 11.5. The maximum absolute atomic E-state index is 2.38. The number of nitrogens with zero attached hydrogens (tertiary/aromatic N) is 2. The highest BCUT2D eigenvalue weighted by Gasteiger charge is 2.26. The monoisotopic (exact) mass is 241 g/mol. The summed E-state index contributed by atoms with van der Waals surface area (Å²) in [6.45, 7) is 0. The Morgan fingerprint density at radius 2 is 1.78 bits per heavy atom. The molecule has 0 atom stereocenters. The summed E-state index contributed by atoms with van der Waals surface area (Å²) in [6.07, 6.45) is 5.48. The van der Waals surface area contributed by atoms with Gasteiger partial charge in [-0.15, -0.1) is 4.68 Å². The second-order valence-corrected chi connectivity index (χ2v) is 5.35. The largest absolute Gasteiger partial charge is 0.238 e. The summed E-state index contributed by atoms with van der Waals surface area (Å²) in [6, 6.07) is 13.0. The Labute approximate surface area is 109 Å². The van der Waals surface area contributed by atoms with E-state index in [2.05, 4.69) is 59.9 Å². The Bertz CT molecular complexity index is 534. The van der Waals surface area contributed by atoms with Gasteiger partial charge in [0.25, 0.3) is 0 Å². The molecule has 0 radical (unpaired) electrons. The third-order valence-electron chi connectivity index (χ3n) is 4.30. The van der Waals surface area contributed by atoms with Crippen LogP contribution in [0, 0.1) is 0 Å². The van der Waals surface area contributed by atoms with Gasteiger partial charge in [0.15, 0.2) is 7.05 Å². The maximum atomic E-state index is 2.38. The summed E-state index contributed by atoms with van der Waals surface area (Å²) in [5.74, 6) is 0.763. The molecule has 2 heteroatoms. The molecule has 1 aromatic heterocycles. The van der Waals surface area contributed by atoms with Crippen molar-refractivity contribution in [3.8, 4) is 11.3 Å². The van der Waals surface area contributed by atoms with Crippen molar-refractivity contribution in [1.82, 2.24) is 4.68 Å². The minimum atomic E-state index is 0.763. The van der Waals surface area contributed by atoms with Crippen LogP contribution in [0.2, 0.25) is 0 Å². The molecule has 18 heavy (non-hydrogen) atoms. The van der Waals surface area contributed by atoms with E-state index in [4.69, 9.17) is 0 Å². The van der Waals surface area contributed by atoms with Gasteiger partial charge in [-0.1, -0.05) is 31.0 Å². The zero-order valence-corrected chi connectivity index (χ0v) is 11.3. The summed E-state index contributed by atoms with van der Waals surface area (Å²) in [7, 11) is 4.33. The van der Waals surface area contributed by atoms with Crippen LogP contribution in [0.4, 0.5) is 0 Å². The molecular weight excluding hydrogens is 220 g/mol. The second kappa shape index (κ2) is 4.60. The highest BCUT2D eigenvalue weighted by Crippen LogP contribution is 2.34. The molecule has 2 nitrogen and oxygen atoms in total. The van der Waals surface area contributed by atoms with Gasteiger partial charge in [0, 0.05) is 17.5 Å². The molecule has 0 N–H and O–H groups in total. The molecule has 1 saturated carbocycles. The molecule has 1 aliphatic rings. The molecule has 1 aliphatic carbocycles. The number of benzene rings is 1. The molecule has 1 heterocycles. The molecule has 2 aromatic rings. The third kappa shape index (κ3) is 1.86. The van der Waals surface area contributed by atoms with Gasteiger partial charge in [-0.2, -0.15) is 4.68 Å². The molecule has 0 saturated heterocycles. The van der Waals surface area contributed by atoms with Crippen LogP contribution in [0.3, 0.4) is 0 Å². The number of hydrogen-bond donors (Lipinski definition) is 0. The molecule has 0 bridgehead atoms. The predicted octanol–water partition coefficient (Wildman–Crippen LogP) is 3.17. The van der Waals surface area contributed by atoms with Gasteiger partial charge in [-0.25, -0.2) is 0 Å². The Hall–Kier alpha value is -1.57. The molecule has 0 amide bonds. The average molecular weight is 241 g/mol. The zero-order chi connectivity index (χ0) is 12.5. The van der Waals surface area contributed by atoms with Crippen LogP contribution in [0.5, 0.6) is 0 Å². The van der Waals surface area contributed by atoms with E-state index < -0.39 is 0 Å². The van der Waals surface area contributed by atoms with E-state index in [1.165, 1.54) is 42.6 Å². The number of aromatic nitrogens is 2. The van der Waals surface area contributed by atoms with Gasteiger partial charge >= 0.3 is 0 Å². The van der Waals surface area contributed by atoms with E-state index in [0.717, 1.165) is 5.92 Å². The molecule has 94 valence electrons. The van der Waals surface area contributed by atoms with E-state index >= 15 is 0 Å². The van der Waals surface area contributed by atoms with E-state index in [-0.39, 0.29) is 0 Å². The third-order valence-corrected chi connectivity index (χ3v) is 4.30. The average Bonchev–Trinajstić information content (AvgIpc) is 3.01. The van der Waals surface area contributed by atoms with Crippen molar-refractivity contribution in [2.45, 2.75) is 31.6 Å². The predicted molar refractivity (Wildman–Crippen MR) is 73.2 cm³/mol. The molecule has 0 aliphatic heterocycles. The lowest BCUT2D eigenvalue weighted by molar-refractivity contribution is -0.741. The second-order valence-electron chi connectivity index (χ2n) is 5.35. The van der Waals surface area contributed by atoms with Crippen LogP contribution in [-0.4, -0.2) is 4.68 Å². The van der Waals surface area contributed by atoms with Crippen LogP contribution in [0.25, 0.3) is 11.3 Å². The van der Waals surface area contributed by atoms with Crippen molar-refractivity contribution >= 4 is 0 Å². The van der Waals surface area contributed by atoms with Gasteiger partial charge < -0.3 is 0 Å². The van der Waals surface area contributed by atoms with Crippen molar-refractivity contribution in [3.05, 3.63) is 42.1 Å². The Kier molecular flexibility index (Phi) is 2.94. The first-order valence-corrected chi connectivity index (χ1v) is 6.88. The molecule has 0 spiro atoms. The van der Waals surface area contributed by atoms with Crippen LogP contribution in [0.1, 0.15) is 37.3 Å². The Balaban J connectivity index is 2.04. The molecule has 1 aromatic carbocycles. The Morgan fingerprint density at radius 3 is 2.44 bits per heavy atom. The lowest BCUT2D eigenvalue weighted by Gasteiger charge is -2.06. The van der Waals surface area contributed by atoms with Crippen LogP contribution < -0.4 is 4.68 Å². The summed E-state index contributed by atoms with van der Waals surface area (Å²) < 4.78 is 4.58. The molecular formula is C16H21N2+. The van der Waals surface area contributed by atoms with Crippen LogP contribution in [-0.2, 0) is 14.1 Å². The summed E-state index contributed by atoms with van der Waals surface area (Å²) in [5.41, 5.74) is 4.12. The maximum Gasteiger partial charge on any atom is 0.238 e. The fourth-order valence-electron chi connectivity index (χ4n) is 3.14. The van der Waals surface area contributed by atoms with Gasteiger partial charge in [-0.05, 0) is 25.0 Å². The first-order chi connectivity index (χ1) is 8.77. The number of rotatable bonds is 2. The fourth-order valence-corrected chi connectivity index (χ4v) is 3.14. The van der Waals surface area contributed by atoms with Gasteiger partial charge in [0.2, 0.25) is 5.69 Å². The molecule has 1 fully saturated rings.